The molecule has 7 nitrogen and oxygen atoms in total. The molecule has 0 aromatic rings. The predicted molar refractivity (Wildman–Crippen MR) is 64.9 cm³/mol. The van der Waals surface area contributed by atoms with Crippen LogP contribution >= 0.6 is 0 Å². The highest BCUT2D eigenvalue weighted by molar-refractivity contribution is 7.87. The molecular weight excluding hydrogens is 244 g/mol. The second-order valence-electron chi connectivity index (χ2n) is 4.18. The van der Waals surface area contributed by atoms with Gasteiger partial charge in [-0.05, 0) is 19.3 Å². The summed E-state index contributed by atoms with van der Waals surface area (Å²) in [4.78, 5) is 0. The van der Waals surface area contributed by atoms with Gasteiger partial charge in [0.1, 0.15) is 5.84 Å². The van der Waals surface area contributed by atoms with Gasteiger partial charge in [-0.15, -0.1) is 0 Å². The Morgan fingerprint density at radius 3 is 2.82 bits per heavy atom. The minimum atomic E-state index is -3.49. The average Bonchev–Trinajstić information content (AvgIpc) is 2.72. The molecule has 1 rings (SSSR count). The first-order valence-corrected chi connectivity index (χ1v) is 7.22. The van der Waals surface area contributed by atoms with Crippen molar-refractivity contribution in [2.24, 2.45) is 16.8 Å². The lowest BCUT2D eigenvalue weighted by atomic mass is 10.0. The average molecular weight is 264 g/mol. The Kier molecular flexibility index (Phi) is 5.16. The Hall–Kier alpha value is -0.860. The van der Waals surface area contributed by atoms with E-state index < -0.39 is 10.2 Å². The van der Waals surface area contributed by atoms with Gasteiger partial charge in [-0.2, -0.15) is 13.1 Å². The molecule has 0 radical (unpaired) electrons. The number of hydrogen-bond donors (Lipinski definition) is 4. The Morgan fingerprint density at radius 2 is 2.24 bits per heavy atom. The fourth-order valence-electron chi connectivity index (χ4n) is 2.01. The smallest absolute Gasteiger partial charge is 0.277 e. The number of nitrogens with zero attached hydrogens (tertiary/aromatic N) is 1. The standard InChI is InChI=1S/C9H20N4O3S/c1-2-6-11-17(15,16)13-8-5-3-4-7(8)9(10)12-14/h7-8,11,13-14H,2-6H2,1H3,(H2,10,12). The Balaban J connectivity index is 2.61. The van der Waals surface area contributed by atoms with Crippen LogP contribution in [0.4, 0.5) is 0 Å². The summed E-state index contributed by atoms with van der Waals surface area (Å²) in [6.45, 7) is 2.29. The van der Waals surface area contributed by atoms with Crippen molar-refractivity contribution in [3.8, 4) is 0 Å². The van der Waals surface area contributed by atoms with Crippen molar-refractivity contribution in [3.05, 3.63) is 0 Å². The molecule has 0 bridgehead atoms. The third-order valence-electron chi connectivity index (χ3n) is 2.86. The number of amidine groups is 1. The molecule has 2 atom stereocenters. The first-order valence-electron chi connectivity index (χ1n) is 5.74. The molecule has 0 aliphatic heterocycles. The van der Waals surface area contributed by atoms with Crippen molar-refractivity contribution < 1.29 is 13.6 Å². The fraction of sp³-hybridized carbons (Fsp3) is 0.889. The first kappa shape index (κ1) is 14.2. The number of nitrogens with two attached hydrogens (primary N) is 1. The highest BCUT2D eigenvalue weighted by atomic mass is 32.2. The van der Waals surface area contributed by atoms with E-state index in [1.54, 1.807) is 0 Å². The van der Waals surface area contributed by atoms with E-state index in [9.17, 15) is 8.42 Å². The monoisotopic (exact) mass is 264 g/mol. The molecule has 1 aliphatic carbocycles. The minimum Gasteiger partial charge on any atom is -0.409 e. The van der Waals surface area contributed by atoms with E-state index in [1.807, 2.05) is 6.92 Å². The molecule has 0 saturated heterocycles. The van der Waals surface area contributed by atoms with Crippen LogP contribution in [0.15, 0.2) is 5.16 Å². The molecule has 17 heavy (non-hydrogen) atoms. The number of oxime groups is 1. The second-order valence-corrected chi connectivity index (χ2v) is 5.72. The van der Waals surface area contributed by atoms with Crippen molar-refractivity contribution in [1.82, 2.24) is 9.44 Å². The van der Waals surface area contributed by atoms with E-state index in [4.69, 9.17) is 10.9 Å². The van der Waals surface area contributed by atoms with Crippen LogP contribution in [0.1, 0.15) is 32.6 Å². The van der Waals surface area contributed by atoms with E-state index in [-0.39, 0.29) is 17.8 Å². The van der Waals surface area contributed by atoms with Crippen molar-refractivity contribution in [2.45, 2.75) is 38.6 Å². The van der Waals surface area contributed by atoms with E-state index >= 15 is 0 Å². The number of hydrogen-bond acceptors (Lipinski definition) is 4. The lowest BCUT2D eigenvalue weighted by Gasteiger charge is -2.19. The van der Waals surface area contributed by atoms with Gasteiger partial charge in [-0.1, -0.05) is 18.5 Å². The lowest BCUT2D eigenvalue weighted by Crippen LogP contribution is -2.47. The summed E-state index contributed by atoms with van der Waals surface area (Å²) in [7, 11) is -3.49. The van der Waals surface area contributed by atoms with Crippen molar-refractivity contribution in [1.29, 1.82) is 0 Å². The SMILES string of the molecule is CCCNS(=O)(=O)NC1CCCC1C(N)=NO. The van der Waals surface area contributed by atoms with Crippen LogP contribution in [0.2, 0.25) is 0 Å². The fourth-order valence-corrected chi connectivity index (χ4v) is 3.24. The van der Waals surface area contributed by atoms with Gasteiger partial charge in [-0.3, -0.25) is 0 Å². The zero-order valence-corrected chi connectivity index (χ0v) is 10.7. The third kappa shape index (κ3) is 4.14. The quantitative estimate of drug-likeness (QED) is 0.229. The maximum absolute atomic E-state index is 11.6. The topological polar surface area (TPSA) is 117 Å². The zero-order chi connectivity index (χ0) is 12.9. The molecule has 1 aliphatic rings. The molecule has 0 aromatic heterocycles. The van der Waals surface area contributed by atoms with Gasteiger partial charge in [0, 0.05) is 18.5 Å². The number of rotatable bonds is 6. The molecule has 1 fully saturated rings. The van der Waals surface area contributed by atoms with Gasteiger partial charge in [0.2, 0.25) is 0 Å². The van der Waals surface area contributed by atoms with E-state index in [2.05, 4.69) is 14.6 Å². The normalized spacial score (nSPS) is 26.3. The molecular formula is C9H20N4O3S. The summed E-state index contributed by atoms with van der Waals surface area (Å²) >= 11 is 0. The summed E-state index contributed by atoms with van der Waals surface area (Å²) in [6.07, 6.45) is 3.03. The summed E-state index contributed by atoms with van der Waals surface area (Å²) in [6, 6.07) is -0.291. The molecule has 2 unspecified atom stereocenters. The van der Waals surface area contributed by atoms with Gasteiger partial charge in [0.05, 0.1) is 0 Å². The summed E-state index contributed by atoms with van der Waals surface area (Å²) < 4.78 is 28.2. The van der Waals surface area contributed by atoms with Crippen LogP contribution in [-0.4, -0.2) is 32.0 Å². The van der Waals surface area contributed by atoms with Gasteiger partial charge in [0.15, 0.2) is 0 Å². The molecule has 8 heteroatoms. The van der Waals surface area contributed by atoms with E-state index in [1.165, 1.54) is 0 Å². The Morgan fingerprint density at radius 1 is 1.53 bits per heavy atom. The highest BCUT2D eigenvalue weighted by Gasteiger charge is 2.33. The van der Waals surface area contributed by atoms with Gasteiger partial charge in [-0.25, -0.2) is 4.72 Å². The molecule has 100 valence electrons. The van der Waals surface area contributed by atoms with Crippen molar-refractivity contribution >= 4 is 16.0 Å². The first-order chi connectivity index (χ1) is 8.00. The van der Waals surface area contributed by atoms with Gasteiger partial charge >= 0.3 is 0 Å². The van der Waals surface area contributed by atoms with Crippen LogP contribution in [0.3, 0.4) is 0 Å². The molecule has 5 N–H and O–H groups in total. The summed E-state index contributed by atoms with van der Waals surface area (Å²) in [5.74, 6) is -0.135. The van der Waals surface area contributed by atoms with Crippen molar-refractivity contribution in [2.75, 3.05) is 6.54 Å². The number of nitrogens with one attached hydrogen (secondary N) is 2. The molecule has 0 amide bonds. The minimum absolute atomic E-state index is 0.0886. The predicted octanol–water partition coefficient (Wildman–Crippen LogP) is -0.264. The maximum atomic E-state index is 11.6. The van der Waals surface area contributed by atoms with Crippen molar-refractivity contribution in [3.63, 3.8) is 0 Å². The van der Waals surface area contributed by atoms with Crippen LogP contribution in [0.5, 0.6) is 0 Å². The molecule has 0 heterocycles. The maximum Gasteiger partial charge on any atom is 0.277 e. The second kappa shape index (κ2) is 6.18. The third-order valence-corrected chi connectivity index (χ3v) is 4.06. The van der Waals surface area contributed by atoms with Crippen LogP contribution in [0, 0.1) is 5.92 Å². The Bertz CT molecular complexity index is 368. The Labute approximate surface area is 102 Å². The van der Waals surface area contributed by atoms with Gasteiger partial charge < -0.3 is 10.9 Å². The van der Waals surface area contributed by atoms with E-state index in [0.29, 0.717) is 13.0 Å². The summed E-state index contributed by atoms with van der Waals surface area (Å²) in [5.41, 5.74) is 5.53. The summed E-state index contributed by atoms with van der Waals surface area (Å²) in [5, 5.41) is 11.6. The van der Waals surface area contributed by atoms with Crippen LogP contribution in [0.25, 0.3) is 0 Å². The lowest BCUT2D eigenvalue weighted by molar-refractivity contribution is 0.312. The van der Waals surface area contributed by atoms with Crippen LogP contribution < -0.4 is 15.2 Å². The molecule has 0 aromatic carbocycles. The highest BCUT2D eigenvalue weighted by Crippen LogP contribution is 2.26. The largest absolute Gasteiger partial charge is 0.409 e. The molecule has 0 spiro atoms. The van der Waals surface area contributed by atoms with Gasteiger partial charge in [0.25, 0.3) is 10.2 Å². The van der Waals surface area contributed by atoms with Crippen LogP contribution in [-0.2, 0) is 10.2 Å². The van der Waals surface area contributed by atoms with E-state index in [0.717, 1.165) is 19.3 Å². The molecule has 1 saturated carbocycles. The zero-order valence-electron chi connectivity index (χ0n) is 9.89.